The number of nitrogens with zero attached hydrogens (tertiary/aromatic N) is 2. The molecule has 1 N–H and O–H groups in total. The highest BCUT2D eigenvalue weighted by atomic mass is 16.2. The fraction of sp³-hybridized carbons (Fsp3) is 0.562. The summed E-state index contributed by atoms with van der Waals surface area (Å²) in [6, 6.07) is 8.79. The maximum atomic E-state index is 12.0. The van der Waals surface area contributed by atoms with Crippen molar-refractivity contribution in [1.82, 2.24) is 10.2 Å². The lowest BCUT2D eigenvalue weighted by Crippen LogP contribution is -2.50. The van der Waals surface area contributed by atoms with E-state index >= 15 is 0 Å². The number of carbonyl (C=O) groups is 1. The van der Waals surface area contributed by atoms with Gasteiger partial charge in [-0.1, -0.05) is 12.1 Å². The number of nitrogens with one attached hydrogen (secondary N) is 1. The van der Waals surface area contributed by atoms with Gasteiger partial charge in [0.15, 0.2) is 0 Å². The smallest absolute Gasteiger partial charge is 0.242 e. The molecule has 1 aromatic carbocycles. The molecule has 0 spiro atoms. The fourth-order valence-electron chi connectivity index (χ4n) is 3.16. The highest BCUT2D eigenvalue weighted by Crippen LogP contribution is 2.25. The Kier molecular flexibility index (Phi) is 3.92. The lowest BCUT2D eigenvalue weighted by Gasteiger charge is -2.35. The summed E-state index contributed by atoms with van der Waals surface area (Å²) in [5.41, 5.74) is 2.58. The van der Waals surface area contributed by atoms with Crippen molar-refractivity contribution in [3.63, 3.8) is 0 Å². The normalized spacial score (nSPS) is 23.4. The molecular weight excluding hydrogens is 250 g/mol. The quantitative estimate of drug-likeness (QED) is 0.905. The first-order valence-corrected chi connectivity index (χ1v) is 7.61. The molecular formula is C16H23N3O. The van der Waals surface area contributed by atoms with Crippen molar-refractivity contribution in [3.05, 3.63) is 29.8 Å². The monoisotopic (exact) mass is 273 g/mol. The number of amides is 1. The van der Waals surface area contributed by atoms with E-state index in [4.69, 9.17) is 0 Å². The number of hydrogen-bond acceptors (Lipinski definition) is 3. The van der Waals surface area contributed by atoms with Crippen LogP contribution in [0.3, 0.4) is 0 Å². The van der Waals surface area contributed by atoms with Crippen molar-refractivity contribution in [2.24, 2.45) is 0 Å². The van der Waals surface area contributed by atoms with Crippen LogP contribution in [0.2, 0.25) is 0 Å². The fourth-order valence-corrected chi connectivity index (χ4v) is 3.16. The zero-order valence-corrected chi connectivity index (χ0v) is 12.1. The minimum Gasteiger partial charge on any atom is -0.360 e. The van der Waals surface area contributed by atoms with E-state index in [1.165, 1.54) is 17.7 Å². The number of anilines is 1. The van der Waals surface area contributed by atoms with Gasteiger partial charge in [0.25, 0.3) is 0 Å². The van der Waals surface area contributed by atoms with Crippen LogP contribution in [0.15, 0.2) is 24.3 Å². The first kappa shape index (κ1) is 13.4. The van der Waals surface area contributed by atoms with Crippen LogP contribution in [0.25, 0.3) is 0 Å². The zero-order chi connectivity index (χ0) is 13.9. The van der Waals surface area contributed by atoms with Gasteiger partial charge in [0.05, 0.1) is 6.54 Å². The average Bonchev–Trinajstić information content (AvgIpc) is 3.01. The molecule has 2 fully saturated rings. The molecule has 2 saturated heterocycles. The van der Waals surface area contributed by atoms with Gasteiger partial charge in [-0.15, -0.1) is 0 Å². The van der Waals surface area contributed by atoms with Crippen molar-refractivity contribution in [2.45, 2.75) is 19.3 Å². The molecule has 2 aliphatic heterocycles. The summed E-state index contributed by atoms with van der Waals surface area (Å²) in [6.07, 6.45) is 1.23. The van der Waals surface area contributed by atoms with Gasteiger partial charge in [-0.05, 0) is 43.5 Å². The lowest BCUT2D eigenvalue weighted by molar-refractivity contribution is -0.130. The summed E-state index contributed by atoms with van der Waals surface area (Å²) in [5.74, 6) is 0.894. The van der Waals surface area contributed by atoms with Crippen molar-refractivity contribution in [1.29, 1.82) is 0 Å². The first-order chi connectivity index (χ1) is 9.78. The second-order valence-electron chi connectivity index (χ2n) is 5.68. The van der Waals surface area contributed by atoms with Gasteiger partial charge in [-0.3, -0.25) is 4.79 Å². The highest BCUT2D eigenvalue weighted by Gasteiger charge is 2.23. The summed E-state index contributed by atoms with van der Waals surface area (Å²) in [4.78, 5) is 16.1. The Hall–Kier alpha value is -1.55. The van der Waals surface area contributed by atoms with Crippen LogP contribution in [0.4, 0.5) is 5.69 Å². The standard InChI is InChI=1S/C16H23N3O/c1-2-18-9-10-19(12-16(18)20)15-5-3-13(4-6-15)14-7-8-17-11-14/h3-6,14,17H,2,7-12H2,1H3. The number of carbonyl (C=O) groups excluding carboxylic acids is 1. The Morgan fingerprint density at radius 2 is 2.05 bits per heavy atom. The van der Waals surface area contributed by atoms with Gasteiger partial charge in [0, 0.05) is 31.9 Å². The van der Waals surface area contributed by atoms with Gasteiger partial charge in [0.2, 0.25) is 5.91 Å². The molecule has 0 aromatic heterocycles. The molecule has 3 rings (SSSR count). The molecule has 1 atom stereocenters. The van der Waals surface area contributed by atoms with E-state index < -0.39 is 0 Å². The minimum atomic E-state index is 0.239. The molecule has 0 radical (unpaired) electrons. The van der Waals surface area contributed by atoms with Crippen molar-refractivity contribution in [3.8, 4) is 0 Å². The third-order valence-electron chi connectivity index (χ3n) is 4.49. The largest absolute Gasteiger partial charge is 0.360 e. The molecule has 4 nitrogen and oxygen atoms in total. The summed E-state index contributed by atoms with van der Waals surface area (Å²) in [5, 5.41) is 3.41. The molecule has 1 amide bonds. The highest BCUT2D eigenvalue weighted by molar-refractivity contribution is 5.82. The van der Waals surface area contributed by atoms with E-state index in [9.17, 15) is 4.79 Å². The van der Waals surface area contributed by atoms with Crippen LogP contribution in [-0.2, 0) is 4.79 Å². The molecule has 4 heteroatoms. The maximum absolute atomic E-state index is 12.0. The maximum Gasteiger partial charge on any atom is 0.242 e. The van der Waals surface area contributed by atoms with Crippen LogP contribution in [0, 0.1) is 0 Å². The lowest BCUT2D eigenvalue weighted by atomic mass is 9.98. The number of hydrogen-bond donors (Lipinski definition) is 1. The van der Waals surface area contributed by atoms with E-state index in [1.807, 2.05) is 11.8 Å². The molecule has 2 aliphatic rings. The SMILES string of the molecule is CCN1CCN(c2ccc(C3CCNC3)cc2)CC1=O. The molecule has 2 heterocycles. The van der Waals surface area contributed by atoms with Crippen LogP contribution < -0.4 is 10.2 Å². The van der Waals surface area contributed by atoms with Crippen LogP contribution >= 0.6 is 0 Å². The average molecular weight is 273 g/mol. The zero-order valence-electron chi connectivity index (χ0n) is 12.1. The topological polar surface area (TPSA) is 35.6 Å². The number of benzene rings is 1. The number of likely N-dealkylation sites (N-methyl/N-ethyl adjacent to an activating group) is 1. The second-order valence-corrected chi connectivity index (χ2v) is 5.68. The summed E-state index contributed by atoms with van der Waals surface area (Å²) >= 11 is 0. The van der Waals surface area contributed by atoms with E-state index in [-0.39, 0.29) is 5.91 Å². The third kappa shape index (κ3) is 2.66. The number of piperazine rings is 1. The predicted octanol–water partition coefficient (Wildman–Crippen LogP) is 1.43. The first-order valence-electron chi connectivity index (χ1n) is 7.61. The molecule has 20 heavy (non-hydrogen) atoms. The Bertz CT molecular complexity index is 465. The summed E-state index contributed by atoms with van der Waals surface area (Å²) in [6.45, 7) is 7.36. The second kappa shape index (κ2) is 5.83. The van der Waals surface area contributed by atoms with Crippen LogP contribution in [0.5, 0.6) is 0 Å². The van der Waals surface area contributed by atoms with Gasteiger partial charge in [-0.2, -0.15) is 0 Å². The molecule has 0 bridgehead atoms. The minimum absolute atomic E-state index is 0.239. The van der Waals surface area contributed by atoms with Crippen molar-refractivity contribution < 1.29 is 4.79 Å². The molecule has 0 aliphatic carbocycles. The van der Waals surface area contributed by atoms with Crippen molar-refractivity contribution in [2.75, 3.05) is 44.2 Å². The Labute approximate surface area is 120 Å². The van der Waals surface area contributed by atoms with E-state index in [0.717, 1.165) is 32.7 Å². The van der Waals surface area contributed by atoms with Crippen LogP contribution in [-0.4, -0.2) is 50.1 Å². The molecule has 108 valence electrons. The van der Waals surface area contributed by atoms with E-state index in [0.29, 0.717) is 12.5 Å². The Morgan fingerprint density at radius 1 is 1.25 bits per heavy atom. The Morgan fingerprint density at radius 3 is 2.65 bits per heavy atom. The van der Waals surface area contributed by atoms with Gasteiger partial charge >= 0.3 is 0 Å². The molecule has 0 saturated carbocycles. The van der Waals surface area contributed by atoms with Crippen LogP contribution in [0.1, 0.15) is 24.8 Å². The third-order valence-corrected chi connectivity index (χ3v) is 4.49. The molecule has 1 aromatic rings. The molecule has 1 unspecified atom stereocenters. The number of rotatable bonds is 3. The van der Waals surface area contributed by atoms with Gasteiger partial charge < -0.3 is 15.1 Å². The Balaban J connectivity index is 1.67. The van der Waals surface area contributed by atoms with Gasteiger partial charge in [-0.25, -0.2) is 0 Å². The summed E-state index contributed by atoms with van der Waals surface area (Å²) in [7, 11) is 0. The van der Waals surface area contributed by atoms with E-state index in [2.05, 4.69) is 34.5 Å². The van der Waals surface area contributed by atoms with Crippen molar-refractivity contribution >= 4 is 11.6 Å². The predicted molar refractivity (Wildman–Crippen MR) is 81.1 cm³/mol. The summed E-state index contributed by atoms with van der Waals surface area (Å²) < 4.78 is 0. The van der Waals surface area contributed by atoms with E-state index in [1.54, 1.807) is 0 Å². The van der Waals surface area contributed by atoms with Gasteiger partial charge in [0.1, 0.15) is 0 Å².